The van der Waals surface area contributed by atoms with E-state index in [1.54, 1.807) is 5.06 Å². The third-order valence-corrected chi connectivity index (χ3v) is 7.21. The van der Waals surface area contributed by atoms with Gasteiger partial charge in [-0.3, -0.25) is 9.40 Å². The Balaban J connectivity index is 2.75. The van der Waals surface area contributed by atoms with Crippen molar-refractivity contribution in [1.29, 1.82) is 0 Å². The van der Waals surface area contributed by atoms with Gasteiger partial charge in [-0.2, -0.15) is 5.06 Å². The van der Waals surface area contributed by atoms with Crippen LogP contribution in [0.25, 0.3) is 0 Å². The third kappa shape index (κ3) is 4.96. The molecule has 0 saturated carbocycles. The van der Waals surface area contributed by atoms with E-state index in [9.17, 15) is 4.57 Å². The van der Waals surface area contributed by atoms with Gasteiger partial charge in [-0.15, -0.1) is 0 Å². The van der Waals surface area contributed by atoms with Crippen LogP contribution >= 0.6 is 7.60 Å². The SMILES string of the molecule is CCOP(=O)(OCC)[C@H]1C[C@H](C[Si](C)(C)C)ON1C. The van der Waals surface area contributed by atoms with Crippen molar-refractivity contribution in [2.24, 2.45) is 0 Å². The second kappa shape index (κ2) is 6.83. The number of hydrogen-bond acceptors (Lipinski definition) is 5. The summed E-state index contributed by atoms with van der Waals surface area (Å²) in [5.74, 6) is -0.284. The van der Waals surface area contributed by atoms with Crippen molar-refractivity contribution in [3.63, 3.8) is 0 Å². The van der Waals surface area contributed by atoms with E-state index in [1.165, 1.54) is 0 Å². The van der Waals surface area contributed by atoms with Crippen LogP contribution in [0.1, 0.15) is 20.3 Å². The molecule has 1 rings (SSSR count). The van der Waals surface area contributed by atoms with E-state index >= 15 is 0 Å². The van der Waals surface area contributed by atoms with Crippen LogP contribution in [0, 0.1) is 0 Å². The summed E-state index contributed by atoms with van der Waals surface area (Å²) in [6.07, 6.45) is 0.855. The van der Waals surface area contributed by atoms with E-state index in [-0.39, 0.29) is 11.9 Å². The molecular weight excluding hydrogens is 281 g/mol. The first kappa shape index (κ1) is 17.3. The van der Waals surface area contributed by atoms with E-state index < -0.39 is 15.7 Å². The number of rotatable bonds is 7. The maximum absolute atomic E-state index is 12.8. The predicted molar refractivity (Wildman–Crippen MR) is 80.1 cm³/mol. The zero-order chi connectivity index (χ0) is 14.7. The molecule has 0 aromatic heterocycles. The first-order valence-electron chi connectivity index (χ1n) is 7.00. The first-order chi connectivity index (χ1) is 8.72. The molecular formula is C12H28NO4PSi. The Bertz CT molecular complexity index is 324. The minimum absolute atomic E-state index is 0.135. The van der Waals surface area contributed by atoms with Gasteiger partial charge >= 0.3 is 7.60 Å². The van der Waals surface area contributed by atoms with Crippen molar-refractivity contribution in [3.05, 3.63) is 0 Å². The molecule has 0 aromatic rings. The van der Waals surface area contributed by atoms with Gasteiger partial charge in [0.15, 0.2) is 0 Å². The van der Waals surface area contributed by atoms with Crippen LogP contribution in [0.4, 0.5) is 0 Å². The number of nitrogens with zero attached hydrogens (tertiary/aromatic N) is 1. The first-order valence-corrected chi connectivity index (χ1v) is 12.3. The average Bonchev–Trinajstić information content (AvgIpc) is 2.58. The molecule has 0 aliphatic carbocycles. The fourth-order valence-electron chi connectivity index (χ4n) is 2.43. The Morgan fingerprint density at radius 2 is 1.79 bits per heavy atom. The molecule has 0 unspecified atom stereocenters. The lowest BCUT2D eigenvalue weighted by atomic mass is 10.3. The summed E-state index contributed by atoms with van der Waals surface area (Å²) in [4.78, 5) is 5.82. The summed E-state index contributed by atoms with van der Waals surface area (Å²) in [6, 6.07) is 1.06. The molecule has 0 aromatic carbocycles. The molecule has 0 N–H and O–H groups in total. The molecule has 19 heavy (non-hydrogen) atoms. The summed E-state index contributed by atoms with van der Waals surface area (Å²) in [6.45, 7) is 11.4. The van der Waals surface area contributed by atoms with Gasteiger partial charge in [0.25, 0.3) is 0 Å². The molecule has 2 atom stereocenters. The van der Waals surface area contributed by atoms with Crippen molar-refractivity contribution in [1.82, 2.24) is 5.06 Å². The van der Waals surface area contributed by atoms with Crippen molar-refractivity contribution >= 4 is 15.7 Å². The highest BCUT2D eigenvalue weighted by Gasteiger charge is 2.46. The molecule has 1 heterocycles. The van der Waals surface area contributed by atoms with Gasteiger partial charge < -0.3 is 9.05 Å². The Morgan fingerprint density at radius 3 is 2.21 bits per heavy atom. The van der Waals surface area contributed by atoms with Crippen LogP contribution in [-0.2, 0) is 18.5 Å². The fraction of sp³-hybridized carbons (Fsp3) is 1.00. The lowest BCUT2D eigenvalue weighted by Crippen LogP contribution is -2.27. The molecule has 114 valence electrons. The normalized spacial score (nSPS) is 26.0. The maximum atomic E-state index is 12.8. The van der Waals surface area contributed by atoms with Gasteiger partial charge in [0.1, 0.15) is 5.78 Å². The number of hydroxylamine groups is 2. The fourth-order valence-corrected chi connectivity index (χ4v) is 6.12. The molecule has 1 saturated heterocycles. The van der Waals surface area contributed by atoms with Crippen molar-refractivity contribution in [3.8, 4) is 0 Å². The van der Waals surface area contributed by atoms with Crippen molar-refractivity contribution in [2.45, 2.75) is 57.8 Å². The minimum Gasteiger partial charge on any atom is -0.308 e. The zero-order valence-electron chi connectivity index (χ0n) is 13.0. The van der Waals surface area contributed by atoms with E-state index in [4.69, 9.17) is 13.9 Å². The van der Waals surface area contributed by atoms with Gasteiger partial charge in [-0.25, -0.2) is 0 Å². The van der Waals surface area contributed by atoms with Crippen LogP contribution in [0.2, 0.25) is 25.7 Å². The lowest BCUT2D eigenvalue weighted by Gasteiger charge is -2.25. The molecule has 0 bridgehead atoms. The quantitative estimate of drug-likeness (QED) is 0.531. The Labute approximate surface area is 118 Å². The summed E-state index contributed by atoms with van der Waals surface area (Å²) in [5.41, 5.74) is 0. The lowest BCUT2D eigenvalue weighted by molar-refractivity contribution is -0.129. The number of hydrogen-bond donors (Lipinski definition) is 0. The van der Waals surface area contributed by atoms with Crippen LogP contribution in [0.3, 0.4) is 0 Å². The van der Waals surface area contributed by atoms with Crippen LogP contribution in [-0.4, -0.2) is 45.3 Å². The van der Waals surface area contributed by atoms with Gasteiger partial charge in [0.05, 0.1) is 19.3 Å². The Hall–Kier alpha value is 0.287. The topological polar surface area (TPSA) is 48.0 Å². The van der Waals surface area contributed by atoms with E-state index in [0.29, 0.717) is 13.2 Å². The largest absolute Gasteiger partial charge is 0.350 e. The summed E-state index contributed by atoms with van der Waals surface area (Å²) < 4.78 is 23.6. The molecule has 0 amide bonds. The van der Waals surface area contributed by atoms with Crippen LogP contribution in [0.15, 0.2) is 0 Å². The smallest absolute Gasteiger partial charge is 0.308 e. The highest BCUT2D eigenvalue weighted by atomic mass is 31.2. The highest BCUT2D eigenvalue weighted by Crippen LogP contribution is 2.57. The van der Waals surface area contributed by atoms with E-state index in [1.807, 2.05) is 20.9 Å². The van der Waals surface area contributed by atoms with Gasteiger partial charge in [0, 0.05) is 21.5 Å². The highest BCUT2D eigenvalue weighted by molar-refractivity contribution is 7.54. The molecule has 1 aliphatic heterocycles. The maximum Gasteiger partial charge on any atom is 0.350 e. The Morgan fingerprint density at radius 1 is 1.26 bits per heavy atom. The molecule has 0 spiro atoms. The van der Waals surface area contributed by atoms with Crippen molar-refractivity contribution < 1.29 is 18.5 Å². The average molecular weight is 309 g/mol. The summed E-state index contributed by atoms with van der Waals surface area (Å²) >= 11 is 0. The second-order valence-electron chi connectivity index (χ2n) is 6.13. The van der Waals surface area contributed by atoms with Gasteiger partial charge in [-0.05, 0) is 19.9 Å². The standard InChI is InChI=1S/C12H28NO4PSi/c1-7-15-18(14,16-8-2)12-9-11(17-13(12)3)10-19(4,5)6/h11-12H,7-10H2,1-6H3/t11-,12+/m1/s1. The van der Waals surface area contributed by atoms with Gasteiger partial charge in [-0.1, -0.05) is 19.6 Å². The molecule has 0 radical (unpaired) electrons. The van der Waals surface area contributed by atoms with Crippen LogP contribution in [0.5, 0.6) is 0 Å². The van der Waals surface area contributed by atoms with E-state index in [0.717, 1.165) is 12.5 Å². The third-order valence-electron chi connectivity index (χ3n) is 3.03. The zero-order valence-corrected chi connectivity index (χ0v) is 14.9. The minimum atomic E-state index is -3.11. The monoisotopic (exact) mass is 309 g/mol. The van der Waals surface area contributed by atoms with Gasteiger partial charge in [0.2, 0.25) is 0 Å². The summed E-state index contributed by atoms with van der Waals surface area (Å²) in [5, 5.41) is 1.68. The molecule has 7 heteroatoms. The molecule has 5 nitrogen and oxygen atoms in total. The molecule has 1 fully saturated rings. The van der Waals surface area contributed by atoms with Crippen LogP contribution < -0.4 is 0 Å². The second-order valence-corrected chi connectivity index (χ2v) is 13.9. The van der Waals surface area contributed by atoms with Crippen molar-refractivity contribution in [2.75, 3.05) is 20.3 Å². The predicted octanol–water partition coefficient (Wildman–Crippen LogP) is 3.55. The summed E-state index contributed by atoms with van der Waals surface area (Å²) in [7, 11) is -2.49. The Kier molecular flexibility index (Phi) is 6.23. The van der Waals surface area contributed by atoms with E-state index in [2.05, 4.69) is 19.6 Å². The molecule has 1 aliphatic rings.